The molecule has 8 heteroatoms. The quantitative estimate of drug-likeness (QED) is 0.427. The lowest BCUT2D eigenvalue weighted by molar-refractivity contribution is 0.0476. The number of carbonyl (C=O) groups is 3. The second-order valence-corrected chi connectivity index (χ2v) is 6.30. The molecule has 2 aromatic rings. The normalized spacial score (nSPS) is 13.2. The molecule has 1 aliphatic rings. The van der Waals surface area contributed by atoms with Crippen LogP contribution in [0.4, 0.5) is 0 Å². The zero-order valence-electron chi connectivity index (χ0n) is 13.6. The second-order valence-electron chi connectivity index (χ2n) is 5.36. The van der Waals surface area contributed by atoms with E-state index in [1.165, 1.54) is 16.2 Å². The van der Waals surface area contributed by atoms with E-state index < -0.39 is 5.97 Å². The molecule has 0 radical (unpaired) electrons. The summed E-state index contributed by atoms with van der Waals surface area (Å²) in [6, 6.07) is 6.72. The van der Waals surface area contributed by atoms with Crippen molar-refractivity contribution >= 4 is 29.1 Å². The van der Waals surface area contributed by atoms with E-state index in [0.29, 0.717) is 29.2 Å². The third kappa shape index (κ3) is 3.59. The van der Waals surface area contributed by atoms with E-state index in [1.54, 1.807) is 36.8 Å². The lowest BCUT2D eigenvalue weighted by atomic mass is 10.1. The highest BCUT2D eigenvalue weighted by atomic mass is 32.1. The molecule has 0 saturated heterocycles. The number of nitrogens with zero attached hydrogens (tertiary/aromatic N) is 2. The average Bonchev–Trinajstić information content (AvgIpc) is 3.18. The van der Waals surface area contributed by atoms with Gasteiger partial charge in [0.1, 0.15) is 5.01 Å². The highest BCUT2D eigenvalue weighted by Crippen LogP contribution is 2.22. The third-order valence-electron chi connectivity index (χ3n) is 3.67. The van der Waals surface area contributed by atoms with E-state index in [4.69, 9.17) is 9.47 Å². The van der Waals surface area contributed by atoms with E-state index in [2.05, 4.69) is 4.98 Å². The van der Waals surface area contributed by atoms with Crippen molar-refractivity contribution in [1.29, 1.82) is 0 Å². The molecule has 2 amide bonds. The number of ether oxygens (including phenoxy) is 2. The SMILES string of the molecule is COCc1nc(C(=O)OCCCN2C(=O)c3ccccc3C2=O)cs1. The van der Waals surface area contributed by atoms with Crippen LogP contribution >= 0.6 is 11.3 Å². The number of esters is 1. The van der Waals surface area contributed by atoms with E-state index in [1.807, 2.05) is 0 Å². The van der Waals surface area contributed by atoms with Crippen molar-refractivity contribution in [2.24, 2.45) is 0 Å². The number of thiazole rings is 1. The van der Waals surface area contributed by atoms with Gasteiger partial charge in [-0.1, -0.05) is 12.1 Å². The summed E-state index contributed by atoms with van der Waals surface area (Å²) in [5, 5.41) is 2.31. The summed E-state index contributed by atoms with van der Waals surface area (Å²) in [5.41, 5.74) is 1.06. The minimum Gasteiger partial charge on any atom is -0.461 e. The lowest BCUT2D eigenvalue weighted by Crippen LogP contribution is -2.31. The van der Waals surface area contributed by atoms with E-state index >= 15 is 0 Å². The van der Waals surface area contributed by atoms with Crippen LogP contribution in [0.1, 0.15) is 42.6 Å². The molecule has 130 valence electrons. The van der Waals surface area contributed by atoms with Gasteiger partial charge in [0.05, 0.1) is 24.3 Å². The standard InChI is InChI=1S/C17H16N2O5S/c1-23-9-14-18-13(10-25-14)17(22)24-8-4-7-19-15(20)11-5-2-3-6-12(11)16(19)21/h2-3,5-6,10H,4,7-9H2,1H3. The number of hydrogen-bond acceptors (Lipinski definition) is 7. The van der Waals surface area contributed by atoms with Crippen LogP contribution in [-0.2, 0) is 16.1 Å². The average molecular weight is 360 g/mol. The van der Waals surface area contributed by atoms with Gasteiger partial charge in [0.25, 0.3) is 11.8 Å². The lowest BCUT2D eigenvalue weighted by Gasteiger charge is -2.13. The number of benzene rings is 1. The molecule has 1 aliphatic heterocycles. The van der Waals surface area contributed by atoms with E-state index in [0.717, 1.165) is 0 Å². The Bertz CT molecular complexity index is 782. The van der Waals surface area contributed by atoms with Gasteiger partial charge >= 0.3 is 5.97 Å². The van der Waals surface area contributed by atoms with Gasteiger partial charge in [0, 0.05) is 19.0 Å². The Balaban J connectivity index is 1.48. The summed E-state index contributed by atoms with van der Waals surface area (Å²) < 4.78 is 10.1. The summed E-state index contributed by atoms with van der Waals surface area (Å²) in [4.78, 5) is 41.6. The number of hydrogen-bond donors (Lipinski definition) is 0. The molecular weight excluding hydrogens is 344 g/mol. The van der Waals surface area contributed by atoms with Crippen LogP contribution in [0.3, 0.4) is 0 Å². The third-order valence-corrected chi connectivity index (χ3v) is 4.49. The molecule has 0 N–H and O–H groups in total. The summed E-state index contributed by atoms with van der Waals surface area (Å²) >= 11 is 1.32. The Kier molecular flexibility index (Phi) is 5.20. The van der Waals surface area contributed by atoms with Gasteiger partial charge in [-0.05, 0) is 18.6 Å². The molecule has 1 aromatic carbocycles. The number of rotatable bonds is 7. The zero-order valence-corrected chi connectivity index (χ0v) is 14.4. The van der Waals surface area contributed by atoms with Crippen molar-refractivity contribution in [2.45, 2.75) is 13.0 Å². The molecule has 0 atom stereocenters. The first-order valence-corrected chi connectivity index (χ1v) is 8.55. The molecule has 0 fully saturated rings. The van der Waals surface area contributed by atoms with Crippen molar-refractivity contribution in [2.75, 3.05) is 20.3 Å². The van der Waals surface area contributed by atoms with E-state index in [-0.39, 0.29) is 30.7 Å². The zero-order chi connectivity index (χ0) is 17.8. The second kappa shape index (κ2) is 7.54. The smallest absolute Gasteiger partial charge is 0.357 e. The van der Waals surface area contributed by atoms with Crippen molar-refractivity contribution in [3.8, 4) is 0 Å². The molecule has 0 unspecified atom stereocenters. The van der Waals surface area contributed by atoms with Crippen molar-refractivity contribution in [3.05, 3.63) is 51.5 Å². The molecule has 0 bridgehead atoms. The van der Waals surface area contributed by atoms with Crippen LogP contribution in [0.25, 0.3) is 0 Å². The largest absolute Gasteiger partial charge is 0.461 e. The molecule has 0 spiro atoms. The summed E-state index contributed by atoms with van der Waals surface area (Å²) in [5.74, 6) is -1.15. The Hall–Kier alpha value is -2.58. The number of aromatic nitrogens is 1. The fraction of sp³-hybridized carbons (Fsp3) is 0.294. The van der Waals surface area contributed by atoms with Gasteiger partial charge in [-0.25, -0.2) is 9.78 Å². The molecule has 0 aliphatic carbocycles. The van der Waals surface area contributed by atoms with Gasteiger partial charge in [-0.2, -0.15) is 0 Å². The molecule has 2 heterocycles. The maximum absolute atomic E-state index is 12.2. The first-order valence-electron chi connectivity index (χ1n) is 7.67. The summed E-state index contributed by atoms with van der Waals surface area (Å²) in [6.07, 6.45) is 0.367. The number of imide groups is 1. The first kappa shape index (κ1) is 17.2. The number of amides is 2. The van der Waals surface area contributed by atoms with Gasteiger partial charge in [-0.15, -0.1) is 11.3 Å². The van der Waals surface area contributed by atoms with Crippen LogP contribution < -0.4 is 0 Å². The number of carbonyl (C=O) groups excluding carboxylic acids is 3. The van der Waals surface area contributed by atoms with Crippen molar-refractivity contribution < 1.29 is 23.9 Å². The van der Waals surface area contributed by atoms with Gasteiger partial charge in [0.15, 0.2) is 5.69 Å². The molecule has 1 aromatic heterocycles. The van der Waals surface area contributed by atoms with Crippen molar-refractivity contribution in [1.82, 2.24) is 9.88 Å². The fourth-order valence-electron chi connectivity index (χ4n) is 2.50. The number of fused-ring (bicyclic) bond motifs is 1. The maximum atomic E-state index is 12.2. The molecule has 7 nitrogen and oxygen atoms in total. The molecule has 0 saturated carbocycles. The molecular formula is C17H16N2O5S. The first-order chi connectivity index (χ1) is 12.1. The Morgan fingerprint density at radius 2 is 1.88 bits per heavy atom. The topological polar surface area (TPSA) is 85.8 Å². The molecule has 3 rings (SSSR count). The van der Waals surface area contributed by atoms with Crippen LogP contribution in [-0.4, -0.2) is 47.9 Å². The van der Waals surface area contributed by atoms with Crippen LogP contribution in [0, 0.1) is 0 Å². The summed E-state index contributed by atoms with van der Waals surface area (Å²) in [7, 11) is 1.55. The van der Waals surface area contributed by atoms with Crippen LogP contribution in [0.5, 0.6) is 0 Å². The maximum Gasteiger partial charge on any atom is 0.357 e. The highest BCUT2D eigenvalue weighted by Gasteiger charge is 2.34. The predicted molar refractivity (Wildman–Crippen MR) is 89.5 cm³/mol. The fourth-order valence-corrected chi connectivity index (χ4v) is 3.23. The van der Waals surface area contributed by atoms with Gasteiger partial charge in [-0.3, -0.25) is 14.5 Å². The Morgan fingerprint density at radius 1 is 1.20 bits per heavy atom. The Labute approximate surface area is 148 Å². The van der Waals surface area contributed by atoms with Gasteiger partial charge in [0.2, 0.25) is 0 Å². The Morgan fingerprint density at radius 3 is 2.52 bits per heavy atom. The van der Waals surface area contributed by atoms with Crippen LogP contribution in [0.15, 0.2) is 29.6 Å². The van der Waals surface area contributed by atoms with Crippen LogP contribution in [0.2, 0.25) is 0 Å². The number of methoxy groups -OCH3 is 1. The minimum absolute atomic E-state index is 0.101. The summed E-state index contributed by atoms with van der Waals surface area (Å²) in [6.45, 7) is 0.646. The molecule has 25 heavy (non-hydrogen) atoms. The van der Waals surface area contributed by atoms with E-state index in [9.17, 15) is 14.4 Å². The van der Waals surface area contributed by atoms with Gasteiger partial charge < -0.3 is 9.47 Å². The van der Waals surface area contributed by atoms with Crippen molar-refractivity contribution in [3.63, 3.8) is 0 Å². The predicted octanol–water partition coefficient (Wildman–Crippen LogP) is 2.13. The monoisotopic (exact) mass is 360 g/mol. The highest BCUT2D eigenvalue weighted by molar-refractivity contribution is 7.09. The minimum atomic E-state index is -0.527.